The van der Waals surface area contributed by atoms with Crippen LogP contribution in [0.3, 0.4) is 0 Å². The van der Waals surface area contributed by atoms with Crippen molar-refractivity contribution in [1.29, 1.82) is 0 Å². The quantitative estimate of drug-likeness (QED) is 0.891. The maximum atomic E-state index is 5.54. The number of nitrogens with two attached hydrogens (primary N) is 1. The summed E-state index contributed by atoms with van der Waals surface area (Å²) in [5.74, 6) is 2.18. The van der Waals surface area contributed by atoms with E-state index in [9.17, 15) is 0 Å². The number of oxazole rings is 1. The first-order chi connectivity index (χ1) is 8.86. The van der Waals surface area contributed by atoms with Crippen LogP contribution in [-0.2, 0) is 6.42 Å². The zero-order chi connectivity index (χ0) is 12.4. The summed E-state index contributed by atoms with van der Waals surface area (Å²) in [6.45, 7) is 1.70. The Kier molecular flexibility index (Phi) is 2.90. The predicted octanol–water partition coefficient (Wildman–Crippen LogP) is 1.61. The molecule has 0 saturated heterocycles. The topological polar surface area (TPSA) is 70.5 Å². The highest BCUT2D eigenvalue weighted by Crippen LogP contribution is 2.34. The third kappa shape index (κ3) is 2.04. The molecule has 1 aliphatic rings. The molecule has 1 aliphatic heterocycles. The van der Waals surface area contributed by atoms with Gasteiger partial charge in [0.1, 0.15) is 25.2 Å². The van der Waals surface area contributed by atoms with Gasteiger partial charge in [0.2, 0.25) is 0 Å². The van der Waals surface area contributed by atoms with Gasteiger partial charge in [-0.1, -0.05) is 0 Å². The van der Waals surface area contributed by atoms with Crippen molar-refractivity contribution in [3.05, 3.63) is 30.4 Å². The van der Waals surface area contributed by atoms with Crippen molar-refractivity contribution >= 4 is 0 Å². The van der Waals surface area contributed by atoms with Crippen molar-refractivity contribution in [2.45, 2.75) is 6.42 Å². The Bertz CT molecular complexity index is 551. The molecular weight excluding hydrogens is 232 g/mol. The van der Waals surface area contributed by atoms with Crippen LogP contribution in [0.5, 0.6) is 11.5 Å². The van der Waals surface area contributed by atoms with E-state index in [2.05, 4.69) is 4.98 Å². The first kappa shape index (κ1) is 11.1. The minimum atomic E-state index is 0.529. The molecule has 0 radical (unpaired) electrons. The van der Waals surface area contributed by atoms with E-state index < -0.39 is 0 Å². The van der Waals surface area contributed by atoms with E-state index in [1.807, 2.05) is 18.2 Å². The van der Waals surface area contributed by atoms with Crippen molar-refractivity contribution in [3.63, 3.8) is 0 Å². The molecule has 2 heterocycles. The predicted molar refractivity (Wildman–Crippen MR) is 65.7 cm³/mol. The van der Waals surface area contributed by atoms with Crippen LogP contribution in [0.4, 0.5) is 0 Å². The Morgan fingerprint density at radius 2 is 2.00 bits per heavy atom. The van der Waals surface area contributed by atoms with Crippen molar-refractivity contribution in [3.8, 4) is 22.8 Å². The van der Waals surface area contributed by atoms with E-state index in [-0.39, 0.29) is 0 Å². The first-order valence-corrected chi connectivity index (χ1v) is 5.91. The van der Waals surface area contributed by atoms with Gasteiger partial charge in [-0.2, -0.15) is 0 Å². The van der Waals surface area contributed by atoms with Crippen LogP contribution >= 0.6 is 0 Å². The highest BCUT2D eigenvalue weighted by atomic mass is 16.6. The van der Waals surface area contributed by atoms with E-state index in [1.54, 1.807) is 6.26 Å². The van der Waals surface area contributed by atoms with Crippen molar-refractivity contribution in [2.75, 3.05) is 19.8 Å². The average molecular weight is 246 g/mol. The number of aromatic nitrogens is 1. The van der Waals surface area contributed by atoms with E-state index in [1.165, 1.54) is 0 Å². The van der Waals surface area contributed by atoms with Gasteiger partial charge in [0, 0.05) is 18.5 Å². The SMILES string of the molecule is NCCc1nc(-c2ccc3c(c2)OCCO3)co1. The van der Waals surface area contributed by atoms with Crippen LogP contribution in [0.15, 0.2) is 28.9 Å². The molecule has 3 rings (SSSR count). The van der Waals surface area contributed by atoms with Crippen molar-refractivity contribution in [1.82, 2.24) is 4.98 Å². The smallest absolute Gasteiger partial charge is 0.195 e. The molecular formula is C13H14N2O3. The van der Waals surface area contributed by atoms with Crippen molar-refractivity contribution in [2.24, 2.45) is 5.73 Å². The summed E-state index contributed by atoms with van der Waals surface area (Å²) >= 11 is 0. The maximum absolute atomic E-state index is 5.54. The molecule has 18 heavy (non-hydrogen) atoms. The van der Waals surface area contributed by atoms with Crippen molar-refractivity contribution < 1.29 is 13.9 Å². The Balaban J connectivity index is 1.91. The maximum Gasteiger partial charge on any atom is 0.195 e. The van der Waals surface area contributed by atoms with Crippen LogP contribution in [0.2, 0.25) is 0 Å². The Hall–Kier alpha value is -2.01. The summed E-state index contributed by atoms with van der Waals surface area (Å²) in [6, 6.07) is 5.75. The monoisotopic (exact) mass is 246 g/mol. The number of hydrogen-bond acceptors (Lipinski definition) is 5. The lowest BCUT2D eigenvalue weighted by molar-refractivity contribution is 0.171. The lowest BCUT2D eigenvalue weighted by Crippen LogP contribution is -2.15. The Labute approximate surface area is 105 Å². The number of ether oxygens (including phenoxy) is 2. The van der Waals surface area contributed by atoms with Crippen LogP contribution in [0.25, 0.3) is 11.3 Å². The van der Waals surface area contributed by atoms with Gasteiger partial charge in [0.15, 0.2) is 17.4 Å². The number of rotatable bonds is 3. The summed E-state index contributed by atoms with van der Waals surface area (Å²) in [5.41, 5.74) is 7.20. The summed E-state index contributed by atoms with van der Waals surface area (Å²) < 4.78 is 16.3. The minimum Gasteiger partial charge on any atom is -0.486 e. The Morgan fingerprint density at radius 3 is 2.83 bits per heavy atom. The van der Waals surface area contributed by atoms with E-state index in [0.29, 0.717) is 32.1 Å². The fourth-order valence-electron chi connectivity index (χ4n) is 1.88. The van der Waals surface area contributed by atoms with Crippen LogP contribution in [0, 0.1) is 0 Å². The molecule has 0 saturated carbocycles. The molecule has 0 spiro atoms. The molecule has 0 fully saturated rings. The largest absolute Gasteiger partial charge is 0.486 e. The fraction of sp³-hybridized carbons (Fsp3) is 0.308. The molecule has 0 atom stereocenters. The molecule has 0 bridgehead atoms. The molecule has 5 heteroatoms. The van der Waals surface area contributed by atoms with Gasteiger partial charge in [-0.05, 0) is 18.2 Å². The van der Waals surface area contributed by atoms with E-state index in [4.69, 9.17) is 19.6 Å². The highest BCUT2D eigenvalue weighted by molar-refractivity contribution is 5.63. The van der Waals surface area contributed by atoms with Crippen LogP contribution in [0.1, 0.15) is 5.89 Å². The van der Waals surface area contributed by atoms with Gasteiger partial charge in [-0.25, -0.2) is 4.98 Å². The second-order valence-corrected chi connectivity index (χ2v) is 4.02. The molecule has 0 aliphatic carbocycles. The number of nitrogens with zero attached hydrogens (tertiary/aromatic N) is 1. The number of fused-ring (bicyclic) bond motifs is 1. The molecule has 2 aromatic rings. The Morgan fingerprint density at radius 1 is 1.17 bits per heavy atom. The summed E-state index contributed by atoms with van der Waals surface area (Å²) in [4.78, 5) is 4.38. The van der Waals surface area contributed by atoms with Gasteiger partial charge in [0.05, 0.1) is 0 Å². The molecule has 2 N–H and O–H groups in total. The van der Waals surface area contributed by atoms with Gasteiger partial charge < -0.3 is 19.6 Å². The number of hydrogen-bond donors (Lipinski definition) is 1. The highest BCUT2D eigenvalue weighted by Gasteiger charge is 2.14. The van der Waals surface area contributed by atoms with Gasteiger partial charge >= 0.3 is 0 Å². The van der Waals surface area contributed by atoms with Gasteiger partial charge in [-0.3, -0.25) is 0 Å². The molecule has 0 amide bonds. The fourth-order valence-corrected chi connectivity index (χ4v) is 1.88. The van der Waals surface area contributed by atoms with E-state index >= 15 is 0 Å². The van der Waals surface area contributed by atoms with Crippen LogP contribution < -0.4 is 15.2 Å². The minimum absolute atomic E-state index is 0.529. The molecule has 0 unspecified atom stereocenters. The molecule has 94 valence electrons. The second-order valence-electron chi connectivity index (χ2n) is 4.02. The molecule has 5 nitrogen and oxygen atoms in total. The normalized spacial score (nSPS) is 13.6. The van der Waals surface area contributed by atoms with Gasteiger partial charge in [-0.15, -0.1) is 0 Å². The lowest BCUT2D eigenvalue weighted by atomic mass is 10.1. The number of benzene rings is 1. The van der Waals surface area contributed by atoms with E-state index in [0.717, 1.165) is 22.8 Å². The molecule has 1 aromatic heterocycles. The zero-order valence-electron chi connectivity index (χ0n) is 9.89. The third-order valence-corrected chi connectivity index (χ3v) is 2.75. The zero-order valence-corrected chi connectivity index (χ0v) is 9.89. The standard InChI is InChI=1S/C13H14N2O3/c14-4-3-13-15-10(8-18-13)9-1-2-11-12(7-9)17-6-5-16-11/h1-2,7-8H,3-6,14H2. The second kappa shape index (κ2) is 4.70. The summed E-state index contributed by atoms with van der Waals surface area (Å²) in [6.07, 6.45) is 2.28. The first-order valence-electron chi connectivity index (χ1n) is 5.91. The molecule has 1 aromatic carbocycles. The van der Waals surface area contributed by atoms with Crippen LogP contribution in [-0.4, -0.2) is 24.7 Å². The summed E-state index contributed by atoms with van der Waals surface area (Å²) in [5, 5.41) is 0. The van der Waals surface area contributed by atoms with Gasteiger partial charge in [0.25, 0.3) is 0 Å². The third-order valence-electron chi connectivity index (χ3n) is 2.75. The average Bonchev–Trinajstić information content (AvgIpc) is 2.87. The summed E-state index contributed by atoms with van der Waals surface area (Å²) in [7, 11) is 0. The lowest BCUT2D eigenvalue weighted by Gasteiger charge is -2.18.